The number of urea groups is 1. The predicted octanol–water partition coefficient (Wildman–Crippen LogP) is 4.43. The standard InChI is InChI=1S/C22H17N5O4/c28-22(24-16-5-8-18-19(13-16)30-14-29-18)23-15-3-6-17(7-4-15)31-21-10-9-20(25-26-21)27-11-1-2-12-27/h1-13H,14H2,(H2,23,24,28). The second-order valence-corrected chi connectivity index (χ2v) is 6.59. The molecule has 2 aromatic heterocycles. The number of benzene rings is 2. The molecule has 0 radical (unpaired) electrons. The van der Waals surface area contributed by atoms with E-state index in [1.54, 1.807) is 48.5 Å². The van der Waals surface area contributed by atoms with Crippen molar-refractivity contribution in [2.45, 2.75) is 0 Å². The van der Waals surface area contributed by atoms with Gasteiger partial charge in [-0.15, -0.1) is 10.2 Å². The SMILES string of the molecule is O=C(Nc1ccc(Oc2ccc(-n3cccc3)nn2)cc1)Nc1ccc2c(c1)OCO2. The van der Waals surface area contributed by atoms with Crippen molar-refractivity contribution in [3.8, 4) is 28.9 Å². The highest BCUT2D eigenvalue weighted by molar-refractivity contribution is 6.00. The number of fused-ring (bicyclic) bond motifs is 1. The molecule has 3 heterocycles. The summed E-state index contributed by atoms with van der Waals surface area (Å²) >= 11 is 0. The molecule has 5 rings (SSSR count). The van der Waals surface area contributed by atoms with Gasteiger partial charge in [0.25, 0.3) is 0 Å². The Morgan fingerprint density at radius 1 is 0.871 bits per heavy atom. The molecule has 0 aliphatic carbocycles. The third-order valence-corrected chi connectivity index (χ3v) is 4.46. The van der Waals surface area contributed by atoms with Crippen LogP contribution in [0.2, 0.25) is 0 Å². The van der Waals surface area contributed by atoms with Crippen LogP contribution in [0.25, 0.3) is 5.82 Å². The van der Waals surface area contributed by atoms with Crippen LogP contribution in [0.15, 0.2) is 79.1 Å². The predicted molar refractivity (Wildman–Crippen MR) is 113 cm³/mol. The van der Waals surface area contributed by atoms with E-state index in [0.29, 0.717) is 40.3 Å². The second kappa shape index (κ2) is 8.07. The molecule has 0 fully saturated rings. The summed E-state index contributed by atoms with van der Waals surface area (Å²) in [6.07, 6.45) is 3.78. The highest BCUT2D eigenvalue weighted by Crippen LogP contribution is 2.34. The number of nitrogens with one attached hydrogen (secondary N) is 2. The summed E-state index contributed by atoms with van der Waals surface area (Å²) < 4.78 is 18.1. The highest BCUT2D eigenvalue weighted by atomic mass is 16.7. The van der Waals surface area contributed by atoms with Gasteiger partial charge >= 0.3 is 6.03 Å². The average molecular weight is 415 g/mol. The van der Waals surface area contributed by atoms with Crippen LogP contribution in [0.5, 0.6) is 23.1 Å². The van der Waals surface area contributed by atoms with Gasteiger partial charge in [-0.25, -0.2) is 4.79 Å². The minimum absolute atomic E-state index is 0.183. The molecular weight excluding hydrogens is 398 g/mol. The second-order valence-electron chi connectivity index (χ2n) is 6.59. The largest absolute Gasteiger partial charge is 0.454 e. The Labute approximate surface area is 177 Å². The van der Waals surface area contributed by atoms with Crippen molar-refractivity contribution >= 4 is 17.4 Å². The molecule has 31 heavy (non-hydrogen) atoms. The van der Waals surface area contributed by atoms with Crippen molar-refractivity contribution in [3.05, 3.63) is 79.1 Å². The van der Waals surface area contributed by atoms with E-state index >= 15 is 0 Å². The van der Waals surface area contributed by atoms with E-state index < -0.39 is 0 Å². The maximum absolute atomic E-state index is 12.2. The number of carbonyl (C=O) groups is 1. The molecule has 2 aromatic carbocycles. The molecule has 1 aliphatic heterocycles. The van der Waals surface area contributed by atoms with E-state index in [4.69, 9.17) is 14.2 Å². The van der Waals surface area contributed by atoms with Gasteiger partial charge in [-0.2, -0.15) is 0 Å². The van der Waals surface area contributed by atoms with Gasteiger partial charge in [0.15, 0.2) is 17.3 Å². The van der Waals surface area contributed by atoms with Crippen LogP contribution in [0.3, 0.4) is 0 Å². The van der Waals surface area contributed by atoms with Crippen LogP contribution < -0.4 is 24.8 Å². The number of nitrogens with zero attached hydrogens (tertiary/aromatic N) is 3. The topological polar surface area (TPSA) is 99.5 Å². The van der Waals surface area contributed by atoms with Gasteiger partial charge in [0.2, 0.25) is 12.7 Å². The summed E-state index contributed by atoms with van der Waals surface area (Å²) in [4.78, 5) is 12.2. The van der Waals surface area contributed by atoms with Gasteiger partial charge in [0.1, 0.15) is 5.75 Å². The lowest BCUT2D eigenvalue weighted by Crippen LogP contribution is -2.19. The smallest absolute Gasteiger partial charge is 0.323 e. The van der Waals surface area contributed by atoms with Gasteiger partial charge in [-0.1, -0.05) is 0 Å². The molecule has 154 valence electrons. The molecule has 0 saturated heterocycles. The van der Waals surface area contributed by atoms with Crippen LogP contribution in [0, 0.1) is 0 Å². The molecule has 0 spiro atoms. The molecule has 0 unspecified atom stereocenters. The van der Waals surface area contributed by atoms with E-state index in [0.717, 1.165) is 0 Å². The van der Waals surface area contributed by atoms with E-state index in [9.17, 15) is 4.79 Å². The van der Waals surface area contributed by atoms with Crippen molar-refractivity contribution in [1.82, 2.24) is 14.8 Å². The van der Waals surface area contributed by atoms with E-state index in [1.807, 2.05) is 35.2 Å². The van der Waals surface area contributed by atoms with Gasteiger partial charge in [0.05, 0.1) is 0 Å². The monoisotopic (exact) mass is 415 g/mol. The first-order valence-corrected chi connectivity index (χ1v) is 9.46. The fraction of sp³-hybridized carbons (Fsp3) is 0.0455. The van der Waals surface area contributed by atoms with Crippen molar-refractivity contribution < 1.29 is 19.0 Å². The van der Waals surface area contributed by atoms with Gasteiger partial charge in [-0.05, 0) is 54.6 Å². The number of carbonyl (C=O) groups excluding carboxylic acids is 1. The summed E-state index contributed by atoms with van der Waals surface area (Å²) in [6.45, 7) is 0.183. The molecule has 2 N–H and O–H groups in total. The van der Waals surface area contributed by atoms with Crippen molar-refractivity contribution in [1.29, 1.82) is 0 Å². The molecule has 9 nitrogen and oxygen atoms in total. The van der Waals surface area contributed by atoms with Crippen LogP contribution in [0.1, 0.15) is 0 Å². The normalized spacial score (nSPS) is 11.7. The molecule has 9 heteroatoms. The van der Waals surface area contributed by atoms with E-state index in [2.05, 4.69) is 20.8 Å². The van der Waals surface area contributed by atoms with Crippen LogP contribution in [0.4, 0.5) is 16.2 Å². The summed E-state index contributed by atoms with van der Waals surface area (Å²) in [5, 5.41) is 13.7. The molecule has 0 atom stereocenters. The van der Waals surface area contributed by atoms with E-state index in [1.165, 1.54) is 0 Å². The van der Waals surface area contributed by atoms with Crippen molar-refractivity contribution in [3.63, 3.8) is 0 Å². The molecule has 0 bridgehead atoms. The average Bonchev–Trinajstić information content (AvgIpc) is 3.47. The van der Waals surface area contributed by atoms with E-state index in [-0.39, 0.29) is 12.8 Å². The Morgan fingerprint density at radius 3 is 2.39 bits per heavy atom. The minimum Gasteiger partial charge on any atom is -0.454 e. The summed E-state index contributed by atoms with van der Waals surface area (Å²) in [6, 6.07) is 19.1. The number of aromatic nitrogens is 3. The summed E-state index contributed by atoms with van der Waals surface area (Å²) in [5.74, 6) is 2.90. The fourth-order valence-electron chi connectivity index (χ4n) is 2.99. The first kappa shape index (κ1) is 18.5. The number of rotatable bonds is 5. The lowest BCUT2D eigenvalue weighted by molar-refractivity contribution is 0.174. The zero-order chi connectivity index (χ0) is 21.0. The fourth-order valence-corrected chi connectivity index (χ4v) is 2.99. The quantitative estimate of drug-likeness (QED) is 0.500. The van der Waals surface area contributed by atoms with Crippen LogP contribution in [-0.2, 0) is 0 Å². The minimum atomic E-state index is -0.376. The number of hydrogen-bond acceptors (Lipinski definition) is 6. The Morgan fingerprint density at radius 2 is 1.61 bits per heavy atom. The zero-order valence-electron chi connectivity index (χ0n) is 16.2. The number of hydrogen-bond donors (Lipinski definition) is 2. The molecule has 4 aromatic rings. The first-order valence-electron chi connectivity index (χ1n) is 9.46. The Kier molecular flexibility index (Phi) is 4.82. The van der Waals surface area contributed by atoms with Crippen molar-refractivity contribution in [2.24, 2.45) is 0 Å². The van der Waals surface area contributed by atoms with Crippen LogP contribution in [-0.4, -0.2) is 27.6 Å². The van der Waals surface area contributed by atoms with Gasteiger partial charge in [-0.3, -0.25) is 0 Å². The lowest BCUT2D eigenvalue weighted by Gasteiger charge is -2.09. The summed E-state index contributed by atoms with van der Waals surface area (Å²) in [5.41, 5.74) is 1.21. The maximum Gasteiger partial charge on any atom is 0.323 e. The van der Waals surface area contributed by atoms with Crippen molar-refractivity contribution in [2.75, 3.05) is 17.4 Å². The van der Waals surface area contributed by atoms with Crippen LogP contribution >= 0.6 is 0 Å². The number of anilines is 2. The number of amides is 2. The zero-order valence-corrected chi connectivity index (χ0v) is 16.2. The van der Waals surface area contributed by atoms with Gasteiger partial charge in [0, 0.05) is 35.9 Å². The molecular formula is C22H17N5O4. The Bertz CT molecular complexity index is 1190. The highest BCUT2D eigenvalue weighted by Gasteiger charge is 2.14. The molecule has 2 amide bonds. The number of ether oxygens (including phenoxy) is 3. The molecule has 0 saturated carbocycles. The summed E-state index contributed by atoms with van der Waals surface area (Å²) in [7, 11) is 0. The third-order valence-electron chi connectivity index (χ3n) is 4.46. The van der Waals surface area contributed by atoms with Gasteiger partial charge < -0.3 is 29.4 Å². The Hall–Kier alpha value is -4.53. The Balaban J connectivity index is 1.17. The maximum atomic E-state index is 12.2. The third kappa shape index (κ3) is 4.25. The molecule has 1 aliphatic rings. The first-order chi connectivity index (χ1) is 15.2. The lowest BCUT2D eigenvalue weighted by atomic mass is 10.3.